The molecule has 13 heteroatoms. The van der Waals surface area contributed by atoms with Gasteiger partial charge >= 0.3 is 6.09 Å². The molecule has 4 N–H and O–H groups in total. The van der Waals surface area contributed by atoms with Gasteiger partial charge in [0.2, 0.25) is 5.91 Å². The molecule has 2 fully saturated rings. The molecule has 0 radical (unpaired) electrons. The molecule has 2 aliphatic heterocycles. The van der Waals surface area contributed by atoms with E-state index in [1.807, 2.05) is 74.8 Å². The van der Waals surface area contributed by atoms with Crippen LogP contribution in [0, 0.1) is 0 Å². The summed E-state index contributed by atoms with van der Waals surface area (Å²) in [6.45, 7) is 6.03. The second-order valence-corrected chi connectivity index (χ2v) is 15.5. The highest BCUT2D eigenvalue weighted by molar-refractivity contribution is 8.21. The number of likely N-dealkylation sites (tertiary alicyclic amines) is 1. The number of H-pyrrole nitrogens is 1. The molecule has 46 heavy (non-hydrogen) atoms. The second-order valence-electron chi connectivity index (χ2n) is 12.2. The van der Waals surface area contributed by atoms with Crippen molar-refractivity contribution in [2.24, 2.45) is 0 Å². The Bertz CT molecular complexity index is 1600. The van der Waals surface area contributed by atoms with E-state index in [2.05, 4.69) is 10.3 Å². The zero-order valence-corrected chi connectivity index (χ0v) is 28.0. The van der Waals surface area contributed by atoms with Crippen LogP contribution < -0.4 is 20.3 Å². The van der Waals surface area contributed by atoms with E-state index in [9.17, 15) is 14.4 Å². The first kappa shape index (κ1) is 33.6. The minimum Gasteiger partial charge on any atom is -0.493 e. The van der Waals surface area contributed by atoms with Gasteiger partial charge in [-0.1, -0.05) is 24.3 Å². The number of hydrogen-bond acceptors (Lipinski definition) is 9. The molecule has 0 aliphatic carbocycles. The molecule has 1 aromatic heterocycles. The Kier molecular flexibility index (Phi) is 10.4. The lowest BCUT2D eigenvalue weighted by atomic mass is 10.0. The number of hydrogen-bond donors (Lipinski definition) is 4. The molecule has 2 saturated heterocycles. The molecule has 3 amide bonds. The first-order valence-corrected chi connectivity index (χ1v) is 17.0. The number of hydroxylamine groups is 1. The number of fused-ring (bicyclic) bond motifs is 1. The number of nitrogens with one attached hydrogen (secondary N) is 3. The van der Waals surface area contributed by atoms with Crippen molar-refractivity contribution in [3.05, 3.63) is 65.9 Å². The van der Waals surface area contributed by atoms with Crippen molar-refractivity contribution >= 4 is 58.4 Å². The molecule has 3 aromatic rings. The van der Waals surface area contributed by atoms with Gasteiger partial charge in [-0.2, -0.15) is 0 Å². The number of methoxy groups -OCH3 is 1. The Balaban J connectivity index is 1.37. The van der Waals surface area contributed by atoms with E-state index in [0.29, 0.717) is 36.4 Å². The number of thioether (sulfide) groups is 2. The Morgan fingerprint density at radius 3 is 2.63 bits per heavy atom. The molecule has 0 saturated carbocycles. The van der Waals surface area contributed by atoms with Gasteiger partial charge in [0.15, 0.2) is 11.5 Å². The number of ether oxygens (including phenoxy) is 3. The summed E-state index contributed by atoms with van der Waals surface area (Å²) >= 11 is 3.61. The number of para-hydroxylation sites is 1. The van der Waals surface area contributed by atoms with Gasteiger partial charge in [-0.15, -0.1) is 23.5 Å². The molecular weight excluding hydrogens is 629 g/mol. The summed E-state index contributed by atoms with van der Waals surface area (Å²) in [7, 11) is 1.52. The van der Waals surface area contributed by atoms with Crippen LogP contribution in [0.5, 0.6) is 11.5 Å². The van der Waals surface area contributed by atoms with Gasteiger partial charge in [0.05, 0.1) is 17.2 Å². The molecule has 5 rings (SSSR count). The van der Waals surface area contributed by atoms with Gasteiger partial charge in [-0.05, 0) is 62.6 Å². The molecule has 0 bridgehead atoms. The van der Waals surface area contributed by atoms with Crippen LogP contribution >= 0.6 is 23.5 Å². The Labute approximate surface area is 276 Å². The smallest absolute Gasteiger partial charge is 0.411 e. The van der Waals surface area contributed by atoms with Crippen molar-refractivity contribution in [1.29, 1.82) is 0 Å². The Hall–Kier alpha value is -3.81. The van der Waals surface area contributed by atoms with E-state index in [0.717, 1.165) is 28.0 Å². The fourth-order valence-corrected chi connectivity index (χ4v) is 8.87. The van der Waals surface area contributed by atoms with Gasteiger partial charge in [0.25, 0.3) is 5.91 Å². The van der Waals surface area contributed by atoms with Crippen molar-refractivity contribution in [2.75, 3.05) is 31.8 Å². The summed E-state index contributed by atoms with van der Waals surface area (Å²) in [6, 6.07) is 12.0. The first-order valence-electron chi connectivity index (χ1n) is 15.0. The van der Waals surface area contributed by atoms with E-state index in [-0.39, 0.29) is 16.6 Å². The van der Waals surface area contributed by atoms with Crippen molar-refractivity contribution in [2.45, 2.75) is 55.4 Å². The average Bonchev–Trinajstić information content (AvgIpc) is 3.77. The highest BCUT2D eigenvalue weighted by Gasteiger charge is 2.52. The zero-order valence-electron chi connectivity index (χ0n) is 26.3. The lowest BCUT2D eigenvalue weighted by molar-refractivity contribution is -0.126. The number of rotatable bonds is 10. The monoisotopic (exact) mass is 668 g/mol. The van der Waals surface area contributed by atoms with Crippen LogP contribution in [0.3, 0.4) is 0 Å². The van der Waals surface area contributed by atoms with E-state index < -0.39 is 29.7 Å². The molecule has 2 atom stereocenters. The number of nitrogens with zero attached hydrogens (tertiary/aromatic N) is 1. The van der Waals surface area contributed by atoms with Crippen LogP contribution in [0.15, 0.2) is 54.7 Å². The third-order valence-corrected chi connectivity index (χ3v) is 11.1. The first-order chi connectivity index (χ1) is 22.0. The topological polar surface area (TPSA) is 142 Å². The summed E-state index contributed by atoms with van der Waals surface area (Å²) in [5.74, 6) is 1.94. The number of carbonyl (C=O) groups excluding carboxylic acids is 3. The maximum Gasteiger partial charge on any atom is 0.411 e. The van der Waals surface area contributed by atoms with E-state index >= 15 is 0 Å². The van der Waals surface area contributed by atoms with Crippen molar-refractivity contribution < 1.29 is 33.8 Å². The van der Waals surface area contributed by atoms with Crippen molar-refractivity contribution in [3.8, 4) is 11.5 Å². The Morgan fingerprint density at radius 2 is 1.91 bits per heavy atom. The van der Waals surface area contributed by atoms with Gasteiger partial charge in [-0.3, -0.25) is 19.7 Å². The minimum atomic E-state index is -0.689. The largest absolute Gasteiger partial charge is 0.493 e. The third-order valence-electron chi connectivity index (χ3n) is 7.69. The SMILES string of the molecule is COc1cc(/C=C/C(=O)NO)ccc1OC[C@H](Cc1c[nH]c2ccccc12)NC(=O)[C@@H]1CC2(CN1C(=O)OC(C)(C)C)SCCS2. The highest BCUT2D eigenvalue weighted by Crippen LogP contribution is 2.52. The second kappa shape index (κ2) is 14.3. The fraction of sp³-hybridized carbons (Fsp3) is 0.424. The van der Waals surface area contributed by atoms with Gasteiger partial charge < -0.3 is 24.5 Å². The third kappa shape index (κ3) is 8.12. The van der Waals surface area contributed by atoms with Crippen LogP contribution in [-0.2, 0) is 20.7 Å². The fourth-order valence-electron chi connectivity index (χ4n) is 5.61. The number of benzene rings is 2. The van der Waals surface area contributed by atoms with Gasteiger partial charge in [0, 0.05) is 47.6 Å². The van der Waals surface area contributed by atoms with Crippen molar-refractivity contribution in [3.63, 3.8) is 0 Å². The molecule has 1 spiro atoms. The predicted molar refractivity (Wildman–Crippen MR) is 180 cm³/mol. The molecule has 11 nitrogen and oxygen atoms in total. The standard InChI is InChI=1S/C33H40N4O7S2/c1-32(2,3)44-31(40)37-20-33(45-13-14-46-33)17-26(37)30(39)35-23(16-22-18-34-25-8-6-5-7-24(22)25)19-43-27-11-9-21(15-28(27)42-4)10-12-29(38)36-41/h5-12,15,18,23,26,34,41H,13-14,16-17,19-20H2,1-4H3,(H,35,39)(H,36,38)/b12-10+/t23-,26-/m0/s1. The summed E-state index contributed by atoms with van der Waals surface area (Å²) < 4.78 is 17.3. The molecule has 0 unspecified atom stereocenters. The Morgan fingerprint density at radius 1 is 1.15 bits per heavy atom. The molecule has 2 aliphatic rings. The predicted octanol–water partition coefficient (Wildman–Crippen LogP) is 4.99. The highest BCUT2D eigenvalue weighted by atomic mass is 32.2. The van der Waals surface area contributed by atoms with E-state index in [1.54, 1.807) is 28.6 Å². The molecule has 3 heterocycles. The normalized spacial score (nSPS) is 18.2. The zero-order chi connectivity index (χ0) is 32.9. The maximum absolute atomic E-state index is 14.1. The van der Waals surface area contributed by atoms with Gasteiger partial charge in [-0.25, -0.2) is 10.3 Å². The quantitative estimate of drug-likeness (QED) is 0.134. The summed E-state index contributed by atoms with van der Waals surface area (Å²) in [4.78, 5) is 43.7. The number of amides is 3. The van der Waals surface area contributed by atoms with E-state index in [1.165, 1.54) is 19.3 Å². The summed E-state index contributed by atoms with van der Waals surface area (Å²) in [5, 5.41) is 13.0. The van der Waals surface area contributed by atoms with Crippen LogP contribution in [0.1, 0.15) is 38.3 Å². The molecule has 2 aromatic carbocycles. The molecular formula is C33H40N4O7S2. The molecule has 246 valence electrons. The average molecular weight is 669 g/mol. The summed E-state index contributed by atoms with van der Waals surface area (Å²) in [5.41, 5.74) is 3.54. The number of carbonyl (C=O) groups is 3. The summed E-state index contributed by atoms with van der Waals surface area (Å²) in [6.07, 6.45) is 5.19. The lowest BCUT2D eigenvalue weighted by Crippen LogP contribution is -2.51. The van der Waals surface area contributed by atoms with Crippen molar-refractivity contribution in [1.82, 2.24) is 20.7 Å². The van der Waals surface area contributed by atoms with Gasteiger partial charge in [0.1, 0.15) is 18.2 Å². The number of aromatic amines is 1. The lowest BCUT2D eigenvalue weighted by Gasteiger charge is -2.29. The van der Waals surface area contributed by atoms with Crippen LogP contribution in [-0.4, -0.2) is 86.5 Å². The van der Waals surface area contributed by atoms with E-state index in [4.69, 9.17) is 19.4 Å². The van der Waals surface area contributed by atoms with Crippen LogP contribution in [0.2, 0.25) is 0 Å². The maximum atomic E-state index is 14.1. The van der Waals surface area contributed by atoms with Crippen LogP contribution in [0.25, 0.3) is 17.0 Å². The minimum absolute atomic E-state index is 0.123. The van der Waals surface area contributed by atoms with Crippen LogP contribution in [0.4, 0.5) is 4.79 Å². The number of aromatic nitrogens is 1.